The highest BCUT2D eigenvalue weighted by Crippen LogP contribution is 2.26. The fraction of sp³-hybridized carbons (Fsp3) is 0.250. The summed E-state index contributed by atoms with van der Waals surface area (Å²) in [5, 5.41) is 6.24. The van der Waals surface area contributed by atoms with Crippen molar-refractivity contribution in [3.05, 3.63) is 65.5 Å². The van der Waals surface area contributed by atoms with E-state index in [0.717, 1.165) is 6.42 Å². The lowest BCUT2D eigenvalue weighted by atomic mass is 10.1. The van der Waals surface area contributed by atoms with Crippen LogP contribution in [0.2, 0.25) is 0 Å². The number of rotatable bonds is 7. The molecular weight excluding hydrogens is 366 g/mol. The third-order valence-electron chi connectivity index (χ3n) is 4.19. The van der Waals surface area contributed by atoms with Crippen LogP contribution in [0, 0.1) is 0 Å². The number of carbonyl (C=O) groups excluding carboxylic acids is 1. The number of nitrogens with one attached hydrogen (secondary N) is 1. The van der Waals surface area contributed by atoms with Crippen molar-refractivity contribution < 1.29 is 13.2 Å². The molecule has 0 aliphatic rings. The summed E-state index contributed by atoms with van der Waals surface area (Å²) in [5.41, 5.74) is 1.20. The van der Waals surface area contributed by atoms with Gasteiger partial charge in [0.1, 0.15) is 0 Å². The lowest BCUT2D eigenvalue weighted by Crippen LogP contribution is -2.35. The Morgan fingerprint density at radius 3 is 2.54 bits per heavy atom. The van der Waals surface area contributed by atoms with E-state index in [1.165, 1.54) is 15.6 Å². The van der Waals surface area contributed by atoms with Crippen LogP contribution in [0.1, 0.15) is 18.9 Å². The molecule has 0 unspecified atom stereocenters. The third kappa shape index (κ3) is 4.51. The zero-order valence-electron chi connectivity index (χ0n) is 14.5. The van der Waals surface area contributed by atoms with Crippen LogP contribution in [0.15, 0.2) is 64.9 Å². The molecule has 0 radical (unpaired) electrons. The molecule has 0 saturated heterocycles. The van der Waals surface area contributed by atoms with Gasteiger partial charge in [-0.2, -0.15) is 0 Å². The fourth-order valence-corrected chi connectivity index (χ4v) is 5.13. The molecule has 0 aliphatic heterocycles. The number of hydrogen-bond donors (Lipinski definition) is 1. The van der Waals surface area contributed by atoms with Crippen molar-refractivity contribution in [1.29, 1.82) is 0 Å². The van der Waals surface area contributed by atoms with Gasteiger partial charge in [0.05, 0.1) is 10.6 Å². The first-order valence-corrected chi connectivity index (χ1v) is 11.0. The van der Waals surface area contributed by atoms with Crippen LogP contribution in [0.5, 0.6) is 0 Å². The van der Waals surface area contributed by atoms with E-state index in [1.54, 1.807) is 41.7 Å². The number of benzene rings is 2. The van der Waals surface area contributed by atoms with Crippen molar-refractivity contribution in [3.63, 3.8) is 0 Å². The minimum Gasteiger partial charge on any atom is -0.353 e. The fourth-order valence-electron chi connectivity index (χ4n) is 2.89. The van der Waals surface area contributed by atoms with Crippen LogP contribution in [-0.4, -0.2) is 26.1 Å². The van der Waals surface area contributed by atoms with Crippen molar-refractivity contribution in [2.24, 2.45) is 0 Å². The zero-order valence-corrected chi connectivity index (χ0v) is 16.1. The van der Waals surface area contributed by atoms with E-state index in [2.05, 4.69) is 22.8 Å². The highest BCUT2D eigenvalue weighted by Gasteiger charge is 2.17. The van der Waals surface area contributed by atoms with E-state index in [-0.39, 0.29) is 29.0 Å². The van der Waals surface area contributed by atoms with Crippen LogP contribution in [-0.2, 0) is 21.1 Å². The molecule has 26 heavy (non-hydrogen) atoms. The smallest absolute Gasteiger partial charge is 0.221 e. The predicted molar refractivity (Wildman–Crippen MR) is 106 cm³/mol. The Hall–Kier alpha value is -2.18. The van der Waals surface area contributed by atoms with Gasteiger partial charge in [0, 0.05) is 17.2 Å². The molecule has 0 aliphatic carbocycles. The summed E-state index contributed by atoms with van der Waals surface area (Å²) in [7, 11) is -3.43. The second kappa shape index (κ2) is 8.01. The number of hydrogen-bond acceptors (Lipinski definition) is 4. The zero-order chi connectivity index (χ0) is 18.6. The predicted octanol–water partition coefficient (Wildman–Crippen LogP) is 3.81. The molecule has 1 aromatic heterocycles. The summed E-state index contributed by atoms with van der Waals surface area (Å²) in [6.45, 7) is 1.94. The van der Waals surface area contributed by atoms with Gasteiger partial charge in [0.2, 0.25) is 5.91 Å². The summed E-state index contributed by atoms with van der Waals surface area (Å²) in [4.78, 5) is 12.4. The van der Waals surface area contributed by atoms with Crippen molar-refractivity contribution in [2.75, 3.05) is 5.75 Å². The minimum absolute atomic E-state index is 0.0358. The van der Waals surface area contributed by atoms with E-state index >= 15 is 0 Å². The molecule has 1 amide bonds. The Kier molecular flexibility index (Phi) is 5.74. The lowest BCUT2D eigenvalue weighted by molar-refractivity contribution is -0.121. The van der Waals surface area contributed by atoms with Crippen LogP contribution < -0.4 is 5.32 Å². The molecule has 3 aromatic rings. The van der Waals surface area contributed by atoms with Crippen LogP contribution >= 0.6 is 11.3 Å². The van der Waals surface area contributed by atoms with Crippen LogP contribution in [0.3, 0.4) is 0 Å². The molecule has 0 saturated carbocycles. The maximum Gasteiger partial charge on any atom is 0.221 e. The average Bonchev–Trinajstić information content (AvgIpc) is 3.04. The molecule has 4 nitrogen and oxygen atoms in total. The highest BCUT2D eigenvalue weighted by atomic mass is 32.2. The first-order valence-electron chi connectivity index (χ1n) is 8.48. The lowest BCUT2D eigenvalue weighted by Gasteiger charge is -2.14. The number of amides is 1. The van der Waals surface area contributed by atoms with Crippen molar-refractivity contribution >= 4 is 37.2 Å². The Balaban J connectivity index is 1.55. The molecule has 3 rings (SSSR count). The summed E-state index contributed by atoms with van der Waals surface area (Å²) in [6.07, 6.45) is 0.688. The minimum atomic E-state index is -3.43. The van der Waals surface area contributed by atoms with Gasteiger partial charge < -0.3 is 5.32 Å². The Morgan fingerprint density at radius 1 is 1.08 bits per heavy atom. The summed E-state index contributed by atoms with van der Waals surface area (Å²) < 4.78 is 25.7. The molecule has 1 N–H and O–H groups in total. The van der Waals surface area contributed by atoms with Crippen molar-refractivity contribution in [2.45, 2.75) is 30.7 Å². The maximum absolute atomic E-state index is 12.2. The topological polar surface area (TPSA) is 63.2 Å². The second-order valence-corrected chi connectivity index (χ2v) is 9.33. The van der Waals surface area contributed by atoms with E-state index in [1.807, 2.05) is 19.1 Å². The van der Waals surface area contributed by atoms with E-state index in [4.69, 9.17) is 0 Å². The molecule has 1 heterocycles. The molecule has 6 heteroatoms. The molecule has 2 aromatic carbocycles. The van der Waals surface area contributed by atoms with Gasteiger partial charge in [-0.25, -0.2) is 8.42 Å². The SMILES string of the molecule is C[C@H](Cc1csc2ccccc12)NC(=O)CCS(=O)(=O)c1ccccc1. The summed E-state index contributed by atoms with van der Waals surface area (Å²) >= 11 is 1.69. The van der Waals surface area contributed by atoms with E-state index < -0.39 is 9.84 Å². The third-order valence-corrected chi connectivity index (χ3v) is 6.94. The Labute approximate surface area is 157 Å². The molecule has 136 valence electrons. The molecule has 1 atom stereocenters. The van der Waals surface area contributed by atoms with Gasteiger partial charge in [-0.15, -0.1) is 11.3 Å². The molecule has 0 spiro atoms. The van der Waals surface area contributed by atoms with Gasteiger partial charge in [-0.3, -0.25) is 4.79 Å². The second-order valence-electron chi connectivity index (χ2n) is 6.31. The number of fused-ring (bicyclic) bond motifs is 1. The Bertz CT molecular complexity index is 994. The van der Waals surface area contributed by atoms with Gasteiger partial charge >= 0.3 is 0 Å². The standard InChI is InChI=1S/C20H21NO3S2/c1-15(13-16-14-25-19-10-6-5-9-18(16)19)21-20(22)11-12-26(23,24)17-7-3-2-4-8-17/h2-10,14-15H,11-13H2,1H3,(H,21,22)/t15-/m1/s1. The first kappa shape index (κ1) is 18.6. The van der Waals surface area contributed by atoms with Crippen molar-refractivity contribution in [1.82, 2.24) is 5.32 Å². The molecule has 0 bridgehead atoms. The maximum atomic E-state index is 12.2. The molecule has 0 fully saturated rings. The first-order chi connectivity index (χ1) is 12.5. The monoisotopic (exact) mass is 387 g/mol. The normalized spacial score (nSPS) is 12.8. The van der Waals surface area contributed by atoms with Crippen molar-refractivity contribution in [3.8, 4) is 0 Å². The van der Waals surface area contributed by atoms with Gasteiger partial charge in [0.25, 0.3) is 0 Å². The highest BCUT2D eigenvalue weighted by molar-refractivity contribution is 7.91. The van der Waals surface area contributed by atoms with E-state index in [9.17, 15) is 13.2 Å². The molecular formula is C20H21NO3S2. The van der Waals surface area contributed by atoms with Gasteiger partial charge in [-0.05, 0) is 47.9 Å². The Morgan fingerprint density at radius 2 is 1.77 bits per heavy atom. The average molecular weight is 388 g/mol. The van der Waals surface area contributed by atoms with Gasteiger partial charge in [0.15, 0.2) is 9.84 Å². The largest absolute Gasteiger partial charge is 0.353 e. The number of sulfone groups is 1. The number of thiophene rings is 1. The van der Waals surface area contributed by atoms with Crippen LogP contribution in [0.25, 0.3) is 10.1 Å². The summed E-state index contributed by atoms with van der Waals surface area (Å²) in [5.74, 6) is -0.423. The quantitative estimate of drug-likeness (QED) is 0.670. The van der Waals surface area contributed by atoms with Gasteiger partial charge in [-0.1, -0.05) is 36.4 Å². The van der Waals surface area contributed by atoms with E-state index in [0.29, 0.717) is 0 Å². The summed E-state index contributed by atoms with van der Waals surface area (Å²) in [6, 6.07) is 16.4. The number of carbonyl (C=O) groups is 1. The van der Waals surface area contributed by atoms with Crippen LogP contribution in [0.4, 0.5) is 0 Å².